The summed E-state index contributed by atoms with van der Waals surface area (Å²) >= 11 is 1.26. The zero-order valence-corrected chi connectivity index (χ0v) is 21.5. The number of anilines is 1. The Morgan fingerprint density at radius 1 is 1.11 bits per heavy atom. The number of carbonyl (C=O) groups excluding carboxylic acids is 4. The van der Waals surface area contributed by atoms with E-state index in [2.05, 4.69) is 10.3 Å². The van der Waals surface area contributed by atoms with E-state index in [-0.39, 0.29) is 48.6 Å². The molecule has 1 aliphatic heterocycles. The van der Waals surface area contributed by atoms with Crippen molar-refractivity contribution >= 4 is 40.2 Å². The van der Waals surface area contributed by atoms with E-state index in [4.69, 9.17) is 4.74 Å². The van der Waals surface area contributed by atoms with Gasteiger partial charge in [-0.2, -0.15) is 0 Å². The number of likely N-dealkylation sites (tertiary alicyclic amines) is 1. The van der Waals surface area contributed by atoms with Crippen LogP contribution in [0.5, 0.6) is 0 Å². The Morgan fingerprint density at radius 2 is 1.81 bits per heavy atom. The first-order valence-corrected chi connectivity index (χ1v) is 13.3. The molecule has 0 atom stereocenters. The Morgan fingerprint density at radius 3 is 2.44 bits per heavy atom. The van der Waals surface area contributed by atoms with E-state index in [0.717, 1.165) is 18.4 Å². The molecule has 10 heteroatoms. The number of piperidine rings is 1. The van der Waals surface area contributed by atoms with Gasteiger partial charge < -0.3 is 19.9 Å². The first-order valence-electron chi connectivity index (χ1n) is 12.4. The molecule has 2 heterocycles. The Labute approximate surface area is 214 Å². The van der Waals surface area contributed by atoms with Crippen molar-refractivity contribution < 1.29 is 23.9 Å². The summed E-state index contributed by atoms with van der Waals surface area (Å²) in [4.78, 5) is 58.0. The lowest BCUT2D eigenvalue weighted by molar-refractivity contribution is -0.151. The fourth-order valence-corrected chi connectivity index (χ4v) is 4.99. The number of hydrogen-bond donors (Lipinski definition) is 1. The highest BCUT2D eigenvalue weighted by Gasteiger charge is 2.34. The topological polar surface area (TPSA) is 109 Å². The molecular weight excluding hydrogens is 480 g/mol. The van der Waals surface area contributed by atoms with Crippen LogP contribution in [-0.4, -0.2) is 70.8 Å². The maximum Gasteiger partial charge on any atom is 0.309 e. The predicted molar refractivity (Wildman–Crippen MR) is 136 cm³/mol. The van der Waals surface area contributed by atoms with Crippen molar-refractivity contribution in [3.8, 4) is 0 Å². The molecule has 1 aromatic carbocycles. The molecule has 0 bridgehead atoms. The number of ether oxygens (including phenoxy) is 1. The van der Waals surface area contributed by atoms with Crippen molar-refractivity contribution in [3.63, 3.8) is 0 Å². The molecule has 1 aliphatic carbocycles. The van der Waals surface area contributed by atoms with Gasteiger partial charge >= 0.3 is 5.97 Å². The lowest BCUT2D eigenvalue weighted by Gasteiger charge is -2.30. The summed E-state index contributed by atoms with van der Waals surface area (Å²) in [6.07, 6.45) is 3.12. The lowest BCUT2D eigenvalue weighted by atomic mass is 9.97. The molecule has 1 saturated carbocycles. The third-order valence-corrected chi connectivity index (χ3v) is 7.27. The molecule has 2 aromatic rings. The van der Waals surface area contributed by atoms with Gasteiger partial charge in [0.15, 0.2) is 5.13 Å². The number of rotatable bonds is 9. The normalized spacial score (nSPS) is 15.9. The van der Waals surface area contributed by atoms with Gasteiger partial charge in [0.25, 0.3) is 5.91 Å². The molecule has 1 saturated heterocycles. The van der Waals surface area contributed by atoms with Crippen molar-refractivity contribution in [3.05, 3.63) is 46.5 Å². The second-order valence-electron chi connectivity index (χ2n) is 9.31. The molecular formula is C26H32N4O5S. The molecule has 0 radical (unpaired) electrons. The van der Waals surface area contributed by atoms with E-state index >= 15 is 0 Å². The highest BCUT2D eigenvalue weighted by Crippen LogP contribution is 2.28. The molecule has 1 aromatic heterocycles. The zero-order chi connectivity index (χ0) is 25.7. The monoisotopic (exact) mass is 512 g/mol. The maximum atomic E-state index is 13.0. The fraction of sp³-hybridized carbons (Fsp3) is 0.500. The Bertz CT molecular complexity index is 1100. The molecule has 9 nitrogen and oxygen atoms in total. The molecule has 2 aliphatic rings. The molecule has 192 valence electrons. The van der Waals surface area contributed by atoms with Crippen LogP contribution in [0.2, 0.25) is 0 Å². The number of carbonyl (C=O) groups is 4. The number of benzene rings is 1. The van der Waals surface area contributed by atoms with Crippen LogP contribution in [-0.2, 0) is 25.5 Å². The van der Waals surface area contributed by atoms with E-state index in [9.17, 15) is 19.2 Å². The van der Waals surface area contributed by atoms with Crippen LogP contribution >= 0.6 is 11.3 Å². The van der Waals surface area contributed by atoms with Gasteiger partial charge in [0.05, 0.1) is 24.6 Å². The third-order valence-electron chi connectivity index (χ3n) is 6.46. The predicted octanol–water partition coefficient (Wildman–Crippen LogP) is 3.04. The van der Waals surface area contributed by atoms with Crippen LogP contribution in [0, 0.1) is 12.8 Å². The summed E-state index contributed by atoms with van der Waals surface area (Å²) in [6, 6.07) is 7.43. The standard InChI is InChI=1S/C26H32N4O5S/c1-3-35-25(34)19-10-12-29(13-11-19)23(32)14-20-16-36-26(27-20)28-22(31)15-30(21-8-9-21)24(33)18-6-4-17(2)5-7-18/h4-7,16,19,21H,3,8-15H2,1-2H3,(H,27,28,31). The Balaban J connectivity index is 1.27. The minimum atomic E-state index is -0.310. The minimum absolute atomic E-state index is 0.0410. The fourth-order valence-electron chi connectivity index (χ4n) is 4.27. The molecule has 3 amide bonds. The van der Waals surface area contributed by atoms with Crippen LogP contribution in [0.25, 0.3) is 0 Å². The number of aryl methyl sites for hydroxylation is 1. The number of esters is 1. The number of aromatic nitrogens is 1. The molecule has 36 heavy (non-hydrogen) atoms. The average Bonchev–Trinajstić information content (AvgIpc) is 3.63. The molecule has 0 spiro atoms. The van der Waals surface area contributed by atoms with Crippen LogP contribution < -0.4 is 5.32 Å². The van der Waals surface area contributed by atoms with Crippen molar-refractivity contribution in [2.24, 2.45) is 5.92 Å². The second kappa shape index (κ2) is 11.6. The van der Waals surface area contributed by atoms with Crippen LogP contribution in [0.4, 0.5) is 5.13 Å². The van der Waals surface area contributed by atoms with Crippen LogP contribution in [0.1, 0.15) is 54.2 Å². The van der Waals surface area contributed by atoms with Gasteiger partial charge in [0, 0.05) is 30.1 Å². The number of thiazole rings is 1. The minimum Gasteiger partial charge on any atom is -0.466 e. The number of nitrogens with one attached hydrogen (secondary N) is 1. The second-order valence-corrected chi connectivity index (χ2v) is 10.2. The summed E-state index contributed by atoms with van der Waals surface area (Å²) < 4.78 is 5.08. The van der Waals surface area contributed by atoms with E-state index in [1.165, 1.54) is 11.3 Å². The van der Waals surface area contributed by atoms with Crippen molar-refractivity contribution in [2.45, 2.75) is 52.0 Å². The molecule has 4 rings (SSSR count). The summed E-state index contributed by atoms with van der Waals surface area (Å²) in [5.74, 6) is -0.849. The smallest absolute Gasteiger partial charge is 0.309 e. The van der Waals surface area contributed by atoms with E-state index < -0.39 is 0 Å². The average molecular weight is 513 g/mol. The van der Waals surface area contributed by atoms with Gasteiger partial charge in [-0.1, -0.05) is 17.7 Å². The number of amides is 3. The summed E-state index contributed by atoms with van der Waals surface area (Å²) in [7, 11) is 0. The van der Waals surface area contributed by atoms with Gasteiger partial charge in [-0.15, -0.1) is 11.3 Å². The SMILES string of the molecule is CCOC(=O)C1CCN(C(=O)Cc2csc(NC(=O)CN(C(=O)c3ccc(C)cc3)C3CC3)n2)CC1. The quantitative estimate of drug-likeness (QED) is 0.518. The third kappa shape index (κ3) is 6.69. The van der Waals surface area contributed by atoms with Gasteiger partial charge in [-0.3, -0.25) is 19.2 Å². The molecule has 2 fully saturated rings. The van der Waals surface area contributed by atoms with E-state index in [1.807, 2.05) is 19.1 Å². The van der Waals surface area contributed by atoms with Crippen LogP contribution in [0.15, 0.2) is 29.6 Å². The van der Waals surface area contributed by atoms with Gasteiger partial charge in [-0.25, -0.2) is 4.98 Å². The van der Waals surface area contributed by atoms with Gasteiger partial charge in [0.1, 0.15) is 6.54 Å². The number of hydrogen-bond acceptors (Lipinski definition) is 7. The van der Waals surface area contributed by atoms with Gasteiger partial charge in [0.2, 0.25) is 11.8 Å². The molecule has 0 unspecified atom stereocenters. The largest absolute Gasteiger partial charge is 0.466 e. The first kappa shape index (κ1) is 25.8. The number of nitrogens with zero attached hydrogens (tertiary/aromatic N) is 3. The van der Waals surface area contributed by atoms with Gasteiger partial charge in [-0.05, 0) is 51.7 Å². The lowest BCUT2D eigenvalue weighted by Crippen LogP contribution is -2.41. The summed E-state index contributed by atoms with van der Waals surface area (Å²) in [6.45, 7) is 5.10. The van der Waals surface area contributed by atoms with E-state index in [1.54, 1.807) is 34.2 Å². The Kier molecular flexibility index (Phi) is 8.35. The van der Waals surface area contributed by atoms with Crippen molar-refractivity contribution in [1.29, 1.82) is 0 Å². The first-order chi connectivity index (χ1) is 17.3. The molecule has 1 N–H and O–H groups in total. The van der Waals surface area contributed by atoms with Crippen molar-refractivity contribution in [1.82, 2.24) is 14.8 Å². The Hall–Kier alpha value is -3.27. The van der Waals surface area contributed by atoms with Crippen molar-refractivity contribution in [2.75, 3.05) is 31.6 Å². The summed E-state index contributed by atoms with van der Waals surface area (Å²) in [5, 5.41) is 4.94. The van der Waals surface area contributed by atoms with Crippen LogP contribution in [0.3, 0.4) is 0 Å². The highest BCUT2D eigenvalue weighted by atomic mass is 32.1. The zero-order valence-electron chi connectivity index (χ0n) is 20.7. The van der Waals surface area contributed by atoms with E-state index in [0.29, 0.717) is 48.9 Å². The maximum absolute atomic E-state index is 13.0. The highest BCUT2D eigenvalue weighted by molar-refractivity contribution is 7.13. The summed E-state index contributed by atoms with van der Waals surface area (Å²) in [5.41, 5.74) is 2.23.